The molecular formula is C16H18Cl2N6O3. The molecule has 1 aromatic heterocycles. The molecule has 0 radical (unpaired) electrons. The summed E-state index contributed by atoms with van der Waals surface area (Å²) < 4.78 is 5.30. The van der Waals surface area contributed by atoms with E-state index in [1.807, 2.05) is 0 Å². The second kappa shape index (κ2) is 9.14. The smallest absolute Gasteiger partial charge is 0.353 e. The first-order valence-electron chi connectivity index (χ1n) is 8.30. The first-order chi connectivity index (χ1) is 13.1. The third-order valence-corrected chi connectivity index (χ3v) is 4.85. The van der Waals surface area contributed by atoms with Crippen molar-refractivity contribution in [3.05, 3.63) is 44.7 Å². The highest BCUT2D eigenvalue weighted by Gasteiger charge is 2.24. The van der Waals surface area contributed by atoms with E-state index >= 15 is 0 Å². The molecule has 2 heterocycles. The molecule has 0 atom stereocenters. The number of anilines is 3. The standard InChI is InChI=1S/C16H18Cl2N6O3/c17-11-2-1-3-12(13(11)18)22-16-14(24(25)26)15(20-10-21-16)19-4-5-23-6-8-27-9-7-23/h1-3,10H,4-9H2,(H2,19,20,21,22). The minimum Gasteiger partial charge on any atom is -0.379 e. The van der Waals surface area contributed by atoms with Crippen molar-refractivity contribution < 1.29 is 9.66 Å². The molecule has 9 nitrogen and oxygen atoms in total. The van der Waals surface area contributed by atoms with Gasteiger partial charge in [0.15, 0.2) is 0 Å². The molecule has 2 N–H and O–H groups in total. The second-order valence-corrected chi connectivity index (χ2v) is 6.57. The number of ether oxygens (including phenoxy) is 1. The fourth-order valence-electron chi connectivity index (χ4n) is 2.66. The molecule has 1 aliphatic heterocycles. The molecule has 1 saturated heterocycles. The fourth-order valence-corrected chi connectivity index (χ4v) is 3.01. The first kappa shape index (κ1) is 19.6. The first-order valence-corrected chi connectivity index (χ1v) is 9.06. The number of rotatable bonds is 7. The van der Waals surface area contributed by atoms with Crippen LogP contribution in [-0.4, -0.2) is 59.2 Å². The Bertz CT molecular complexity index is 817. The monoisotopic (exact) mass is 412 g/mol. The van der Waals surface area contributed by atoms with Crippen molar-refractivity contribution in [3.8, 4) is 0 Å². The molecule has 0 saturated carbocycles. The van der Waals surface area contributed by atoms with E-state index in [1.165, 1.54) is 6.33 Å². The van der Waals surface area contributed by atoms with Gasteiger partial charge < -0.3 is 15.4 Å². The van der Waals surface area contributed by atoms with Gasteiger partial charge in [-0.3, -0.25) is 15.0 Å². The van der Waals surface area contributed by atoms with E-state index in [4.69, 9.17) is 27.9 Å². The Balaban J connectivity index is 1.75. The average Bonchev–Trinajstić information content (AvgIpc) is 2.66. The van der Waals surface area contributed by atoms with Crippen LogP contribution < -0.4 is 10.6 Å². The minimum absolute atomic E-state index is 0.0352. The Labute approximate surface area is 165 Å². The summed E-state index contributed by atoms with van der Waals surface area (Å²) in [5.74, 6) is 0.178. The Hall–Kier alpha value is -2.20. The van der Waals surface area contributed by atoms with E-state index in [0.717, 1.165) is 19.6 Å². The number of morpholine rings is 1. The number of aromatic nitrogens is 2. The van der Waals surface area contributed by atoms with Crippen molar-refractivity contribution in [1.82, 2.24) is 14.9 Å². The molecule has 1 aliphatic rings. The molecule has 2 aromatic rings. The normalized spacial score (nSPS) is 14.7. The van der Waals surface area contributed by atoms with Crippen LogP contribution >= 0.6 is 23.2 Å². The maximum Gasteiger partial charge on any atom is 0.353 e. The van der Waals surface area contributed by atoms with Gasteiger partial charge in [0, 0.05) is 26.2 Å². The van der Waals surface area contributed by atoms with E-state index in [1.54, 1.807) is 18.2 Å². The number of nitrogens with one attached hydrogen (secondary N) is 2. The summed E-state index contributed by atoms with van der Waals surface area (Å²) in [5.41, 5.74) is 0.167. The number of halogens is 2. The summed E-state index contributed by atoms with van der Waals surface area (Å²) in [6, 6.07) is 4.97. The fraction of sp³-hybridized carbons (Fsp3) is 0.375. The molecule has 1 aromatic carbocycles. The van der Waals surface area contributed by atoms with Gasteiger partial charge in [-0.05, 0) is 12.1 Å². The average molecular weight is 413 g/mol. The topological polar surface area (TPSA) is 105 Å². The Morgan fingerprint density at radius 1 is 1.22 bits per heavy atom. The maximum absolute atomic E-state index is 11.6. The van der Waals surface area contributed by atoms with E-state index in [2.05, 4.69) is 25.5 Å². The van der Waals surface area contributed by atoms with Crippen LogP contribution in [0.1, 0.15) is 0 Å². The highest BCUT2D eigenvalue weighted by Crippen LogP contribution is 2.35. The molecule has 1 fully saturated rings. The summed E-state index contributed by atoms with van der Waals surface area (Å²) in [7, 11) is 0. The summed E-state index contributed by atoms with van der Waals surface area (Å²) in [5, 5.41) is 18.1. The van der Waals surface area contributed by atoms with Crippen LogP contribution in [0, 0.1) is 10.1 Å². The second-order valence-electron chi connectivity index (χ2n) is 5.78. The number of hydrogen-bond acceptors (Lipinski definition) is 8. The van der Waals surface area contributed by atoms with Crippen molar-refractivity contribution in [2.75, 3.05) is 50.0 Å². The predicted octanol–water partition coefficient (Wildman–Crippen LogP) is 3.18. The SMILES string of the molecule is O=[N+]([O-])c1c(NCCN2CCOCC2)ncnc1Nc1cccc(Cl)c1Cl. The zero-order valence-corrected chi connectivity index (χ0v) is 15.8. The lowest BCUT2D eigenvalue weighted by Gasteiger charge is -2.26. The lowest BCUT2D eigenvalue weighted by atomic mass is 10.3. The summed E-state index contributed by atoms with van der Waals surface area (Å²) >= 11 is 12.1. The molecule has 0 aliphatic carbocycles. The molecule has 0 spiro atoms. The van der Waals surface area contributed by atoms with Gasteiger partial charge in [-0.25, -0.2) is 9.97 Å². The highest BCUT2D eigenvalue weighted by atomic mass is 35.5. The number of hydrogen-bond donors (Lipinski definition) is 2. The molecular weight excluding hydrogens is 395 g/mol. The molecule has 0 amide bonds. The van der Waals surface area contributed by atoms with Crippen LogP contribution in [0.25, 0.3) is 0 Å². The number of nitrogens with zero attached hydrogens (tertiary/aromatic N) is 4. The van der Waals surface area contributed by atoms with Crippen LogP contribution in [0.4, 0.5) is 23.0 Å². The van der Waals surface area contributed by atoms with Crippen LogP contribution in [-0.2, 0) is 4.74 Å². The van der Waals surface area contributed by atoms with Gasteiger partial charge in [-0.15, -0.1) is 0 Å². The molecule has 3 rings (SSSR count). The van der Waals surface area contributed by atoms with Gasteiger partial charge in [0.05, 0.1) is 33.9 Å². The zero-order chi connectivity index (χ0) is 19.2. The van der Waals surface area contributed by atoms with Crippen LogP contribution in [0.15, 0.2) is 24.5 Å². The Kier molecular flexibility index (Phi) is 6.62. The predicted molar refractivity (Wildman–Crippen MR) is 104 cm³/mol. The molecule has 11 heteroatoms. The van der Waals surface area contributed by atoms with Gasteiger partial charge in [0.2, 0.25) is 11.6 Å². The minimum atomic E-state index is -0.530. The lowest BCUT2D eigenvalue weighted by Crippen LogP contribution is -2.39. The number of nitro groups is 1. The van der Waals surface area contributed by atoms with Crippen LogP contribution in [0.2, 0.25) is 10.0 Å². The highest BCUT2D eigenvalue weighted by molar-refractivity contribution is 6.43. The van der Waals surface area contributed by atoms with E-state index in [0.29, 0.717) is 30.5 Å². The maximum atomic E-state index is 11.6. The molecule has 0 unspecified atom stereocenters. The zero-order valence-electron chi connectivity index (χ0n) is 14.3. The van der Waals surface area contributed by atoms with E-state index < -0.39 is 4.92 Å². The van der Waals surface area contributed by atoms with E-state index in [9.17, 15) is 10.1 Å². The summed E-state index contributed by atoms with van der Waals surface area (Å²) in [4.78, 5) is 21.3. The van der Waals surface area contributed by atoms with Gasteiger partial charge in [0.1, 0.15) is 6.33 Å². The number of benzene rings is 1. The van der Waals surface area contributed by atoms with Crippen LogP contribution in [0.5, 0.6) is 0 Å². The van der Waals surface area contributed by atoms with Crippen LogP contribution in [0.3, 0.4) is 0 Å². The van der Waals surface area contributed by atoms with Crippen molar-refractivity contribution in [3.63, 3.8) is 0 Å². The third-order valence-electron chi connectivity index (χ3n) is 4.03. The molecule has 27 heavy (non-hydrogen) atoms. The molecule has 144 valence electrons. The lowest BCUT2D eigenvalue weighted by molar-refractivity contribution is -0.383. The van der Waals surface area contributed by atoms with Gasteiger partial charge in [-0.1, -0.05) is 29.3 Å². The Morgan fingerprint density at radius 2 is 1.96 bits per heavy atom. The largest absolute Gasteiger partial charge is 0.379 e. The van der Waals surface area contributed by atoms with Crippen molar-refractivity contribution in [2.24, 2.45) is 0 Å². The Morgan fingerprint density at radius 3 is 2.70 bits per heavy atom. The van der Waals surface area contributed by atoms with E-state index in [-0.39, 0.29) is 22.3 Å². The summed E-state index contributed by atoms with van der Waals surface area (Å²) in [6.45, 7) is 4.31. The van der Waals surface area contributed by atoms with Gasteiger partial charge >= 0.3 is 5.69 Å². The van der Waals surface area contributed by atoms with Crippen molar-refractivity contribution >= 4 is 46.2 Å². The quantitative estimate of drug-likeness (QED) is 0.527. The van der Waals surface area contributed by atoms with Gasteiger partial charge in [0.25, 0.3) is 0 Å². The molecule has 0 bridgehead atoms. The summed E-state index contributed by atoms with van der Waals surface area (Å²) in [6.07, 6.45) is 1.25. The third kappa shape index (κ3) is 4.95. The van der Waals surface area contributed by atoms with Crippen molar-refractivity contribution in [1.29, 1.82) is 0 Å². The van der Waals surface area contributed by atoms with Crippen molar-refractivity contribution in [2.45, 2.75) is 0 Å². The van der Waals surface area contributed by atoms with Gasteiger partial charge in [-0.2, -0.15) is 0 Å².